The van der Waals surface area contributed by atoms with Crippen LogP contribution in [0, 0.1) is 0 Å². The number of rotatable bonds is 8. The van der Waals surface area contributed by atoms with Crippen LogP contribution in [-0.2, 0) is 9.53 Å². The number of carbonyl (C=O) groups is 1. The third-order valence-electron chi connectivity index (χ3n) is 4.74. The molecular weight excluding hydrogens is 370 g/mol. The highest BCUT2D eigenvalue weighted by atomic mass is 32.1. The number of carbonyl (C=O) groups excluding carboxylic acids is 1. The zero-order valence-electron chi connectivity index (χ0n) is 15.9. The monoisotopic (exact) mass is 395 g/mol. The molecule has 3 N–H and O–H groups in total. The van der Waals surface area contributed by atoms with Crippen molar-refractivity contribution >= 4 is 34.2 Å². The fourth-order valence-electron chi connectivity index (χ4n) is 3.27. The lowest BCUT2D eigenvalue weighted by Crippen LogP contribution is -2.38. The van der Waals surface area contributed by atoms with Crippen LogP contribution < -0.4 is 10.6 Å². The molecule has 5 nitrogen and oxygen atoms in total. The average Bonchev–Trinajstić information content (AvgIpc) is 3.16. The zero-order valence-corrected chi connectivity index (χ0v) is 16.7. The quantitative estimate of drug-likeness (QED) is 0.308. The minimum absolute atomic E-state index is 0.159. The highest BCUT2D eigenvalue weighted by Gasteiger charge is 2.18. The van der Waals surface area contributed by atoms with Gasteiger partial charge in [-0.25, -0.2) is 0 Å². The number of para-hydroxylation sites is 1. The number of methoxy groups -OCH3 is 1. The number of aromatic amines is 1. The van der Waals surface area contributed by atoms with Gasteiger partial charge in [-0.2, -0.15) is 0 Å². The first kappa shape index (κ1) is 19.9. The molecule has 3 rings (SSSR count). The van der Waals surface area contributed by atoms with Crippen molar-refractivity contribution in [2.45, 2.75) is 18.8 Å². The molecule has 0 amide bonds. The van der Waals surface area contributed by atoms with E-state index in [0.29, 0.717) is 31.0 Å². The van der Waals surface area contributed by atoms with Crippen molar-refractivity contribution < 1.29 is 9.53 Å². The van der Waals surface area contributed by atoms with Gasteiger partial charge in [0.25, 0.3) is 0 Å². The van der Waals surface area contributed by atoms with Crippen molar-refractivity contribution in [3.63, 3.8) is 0 Å². The highest BCUT2D eigenvalue weighted by molar-refractivity contribution is 7.80. The van der Waals surface area contributed by atoms with Crippen LogP contribution in [0.3, 0.4) is 0 Å². The molecule has 0 aliphatic rings. The second-order valence-electron chi connectivity index (χ2n) is 6.57. The van der Waals surface area contributed by atoms with E-state index in [2.05, 4.69) is 69.0 Å². The molecular formula is C22H25N3O2S. The summed E-state index contributed by atoms with van der Waals surface area (Å²) >= 11 is 5.41. The van der Waals surface area contributed by atoms with Crippen molar-refractivity contribution in [1.29, 1.82) is 0 Å². The summed E-state index contributed by atoms with van der Waals surface area (Å²) in [6.07, 6.45) is 3.14. The Morgan fingerprint density at radius 1 is 1.11 bits per heavy atom. The summed E-state index contributed by atoms with van der Waals surface area (Å²) in [5.41, 5.74) is 3.60. The standard InChI is InChI=1S/C22H25N3O2S/c1-27-21(26)12-7-13-23-22(28)25-14-18(16-8-3-2-4-9-16)19-15-24-20-11-6-5-10-17(19)20/h2-6,8-11,15,18,24H,7,12-14H2,1H3,(H2,23,25,28)/t18-/m1/s1. The fraction of sp³-hybridized carbons (Fsp3) is 0.273. The molecule has 2 aromatic carbocycles. The number of esters is 1. The largest absolute Gasteiger partial charge is 0.469 e. The molecule has 0 radical (unpaired) electrons. The minimum Gasteiger partial charge on any atom is -0.469 e. The Morgan fingerprint density at radius 3 is 2.64 bits per heavy atom. The predicted molar refractivity (Wildman–Crippen MR) is 116 cm³/mol. The maximum absolute atomic E-state index is 11.2. The Hall–Kier alpha value is -2.86. The summed E-state index contributed by atoms with van der Waals surface area (Å²) in [5.74, 6) is -0.0451. The van der Waals surface area contributed by atoms with Crippen LogP contribution in [0.5, 0.6) is 0 Å². The van der Waals surface area contributed by atoms with Gasteiger partial charge in [-0.15, -0.1) is 0 Å². The van der Waals surface area contributed by atoms with Crippen LogP contribution in [0.4, 0.5) is 0 Å². The minimum atomic E-state index is -0.204. The Kier molecular flexibility index (Phi) is 7.03. The van der Waals surface area contributed by atoms with Crippen LogP contribution in [-0.4, -0.2) is 36.3 Å². The van der Waals surface area contributed by atoms with Gasteiger partial charge < -0.3 is 20.4 Å². The third kappa shape index (κ3) is 5.10. The van der Waals surface area contributed by atoms with Gasteiger partial charge in [0.15, 0.2) is 5.11 Å². The van der Waals surface area contributed by atoms with Crippen LogP contribution in [0.15, 0.2) is 60.8 Å². The van der Waals surface area contributed by atoms with Crippen molar-refractivity contribution in [3.8, 4) is 0 Å². The molecule has 1 aromatic heterocycles. The molecule has 3 aromatic rings. The Balaban J connectivity index is 1.66. The van der Waals surface area contributed by atoms with E-state index < -0.39 is 0 Å². The van der Waals surface area contributed by atoms with E-state index in [1.165, 1.54) is 23.6 Å². The van der Waals surface area contributed by atoms with Gasteiger partial charge in [-0.1, -0.05) is 48.5 Å². The first-order chi connectivity index (χ1) is 13.7. The van der Waals surface area contributed by atoms with Crippen LogP contribution in [0.2, 0.25) is 0 Å². The predicted octanol–water partition coefficient (Wildman–Crippen LogP) is 3.72. The molecule has 0 saturated carbocycles. The van der Waals surface area contributed by atoms with Crippen LogP contribution >= 0.6 is 12.2 Å². The molecule has 0 saturated heterocycles. The number of fused-ring (bicyclic) bond motifs is 1. The topological polar surface area (TPSA) is 66.2 Å². The van der Waals surface area contributed by atoms with E-state index in [-0.39, 0.29) is 11.9 Å². The highest BCUT2D eigenvalue weighted by Crippen LogP contribution is 2.30. The molecule has 0 bridgehead atoms. The summed E-state index contributed by atoms with van der Waals surface area (Å²) in [4.78, 5) is 14.5. The second kappa shape index (κ2) is 9.90. The number of ether oxygens (including phenoxy) is 1. The van der Waals surface area contributed by atoms with E-state index in [9.17, 15) is 4.79 Å². The van der Waals surface area contributed by atoms with Crippen LogP contribution in [0.25, 0.3) is 10.9 Å². The number of thiocarbonyl (C=S) groups is 1. The Labute approximate surface area is 170 Å². The lowest BCUT2D eigenvalue weighted by atomic mass is 9.91. The number of benzene rings is 2. The van der Waals surface area contributed by atoms with E-state index >= 15 is 0 Å². The lowest BCUT2D eigenvalue weighted by molar-refractivity contribution is -0.140. The SMILES string of the molecule is COC(=O)CCCNC(=S)NC[C@H](c1ccccc1)c1c[nH]c2ccccc12. The molecule has 0 unspecified atom stereocenters. The molecule has 1 heterocycles. The normalized spacial score (nSPS) is 11.8. The molecule has 6 heteroatoms. The number of hydrogen-bond acceptors (Lipinski definition) is 3. The van der Waals surface area contributed by atoms with E-state index in [0.717, 1.165) is 5.52 Å². The molecule has 146 valence electrons. The number of H-pyrrole nitrogens is 1. The maximum Gasteiger partial charge on any atom is 0.305 e. The maximum atomic E-state index is 11.2. The van der Waals surface area contributed by atoms with E-state index in [1.54, 1.807) is 0 Å². The van der Waals surface area contributed by atoms with Gasteiger partial charge in [0, 0.05) is 42.5 Å². The molecule has 1 atom stereocenters. The molecule has 0 aliphatic heterocycles. The van der Waals surface area contributed by atoms with Gasteiger partial charge in [-0.05, 0) is 35.8 Å². The fourth-order valence-corrected chi connectivity index (χ4v) is 3.45. The van der Waals surface area contributed by atoms with E-state index in [1.807, 2.05) is 12.1 Å². The number of nitrogens with one attached hydrogen (secondary N) is 3. The summed E-state index contributed by atoms with van der Waals surface area (Å²) in [6.45, 7) is 1.30. The number of aromatic nitrogens is 1. The first-order valence-electron chi connectivity index (χ1n) is 9.38. The Bertz CT molecular complexity index is 924. The van der Waals surface area contributed by atoms with Crippen LogP contribution in [0.1, 0.15) is 29.9 Å². The van der Waals surface area contributed by atoms with Gasteiger partial charge >= 0.3 is 5.97 Å². The number of hydrogen-bond donors (Lipinski definition) is 3. The smallest absolute Gasteiger partial charge is 0.305 e. The average molecular weight is 396 g/mol. The molecule has 0 fully saturated rings. The van der Waals surface area contributed by atoms with Crippen molar-refractivity contribution in [2.24, 2.45) is 0 Å². The zero-order chi connectivity index (χ0) is 19.8. The summed E-state index contributed by atoms with van der Waals surface area (Å²) in [5, 5.41) is 8.29. The lowest BCUT2D eigenvalue weighted by Gasteiger charge is -2.19. The summed E-state index contributed by atoms with van der Waals surface area (Å²) < 4.78 is 4.64. The van der Waals surface area contributed by atoms with E-state index in [4.69, 9.17) is 12.2 Å². The van der Waals surface area contributed by atoms with Crippen molar-refractivity contribution in [1.82, 2.24) is 15.6 Å². The molecule has 0 aliphatic carbocycles. The molecule has 28 heavy (non-hydrogen) atoms. The van der Waals surface area contributed by atoms with Gasteiger partial charge in [0.2, 0.25) is 0 Å². The molecule has 0 spiro atoms. The van der Waals surface area contributed by atoms with Gasteiger partial charge in [0.05, 0.1) is 7.11 Å². The van der Waals surface area contributed by atoms with Gasteiger partial charge in [-0.3, -0.25) is 4.79 Å². The van der Waals surface area contributed by atoms with Crippen molar-refractivity contribution in [3.05, 3.63) is 71.9 Å². The summed E-state index contributed by atoms with van der Waals surface area (Å²) in [7, 11) is 1.40. The second-order valence-corrected chi connectivity index (χ2v) is 6.98. The Morgan fingerprint density at radius 2 is 1.86 bits per heavy atom. The van der Waals surface area contributed by atoms with Gasteiger partial charge in [0.1, 0.15) is 0 Å². The first-order valence-corrected chi connectivity index (χ1v) is 9.79. The van der Waals surface area contributed by atoms with Crippen molar-refractivity contribution in [2.75, 3.05) is 20.2 Å². The summed E-state index contributed by atoms with van der Waals surface area (Å²) in [6, 6.07) is 18.7. The third-order valence-corrected chi connectivity index (χ3v) is 5.02.